The van der Waals surface area contributed by atoms with Crippen LogP contribution in [0.5, 0.6) is 11.5 Å². The highest BCUT2D eigenvalue weighted by molar-refractivity contribution is 6.02. The van der Waals surface area contributed by atoms with Crippen molar-refractivity contribution >= 4 is 35.8 Å². The van der Waals surface area contributed by atoms with Crippen LogP contribution in [-0.4, -0.2) is 16.1 Å². The second-order valence-corrected chi connectivity index (χ2v) is 4.19. The number of halogens is 1. The standard InChI is InChI=1S/C15H14N2O3.ClH/c16-11-2-7-14(19)10(9-11)1-8-15(20)17-12-3-5-13(18)6-4-12;/h1-9,18-19H,16H2,(H,17,20);1H. The van der Waals surface area contributed by atoms with Crippen LogP contribution >= 0.6 is 12.4 Å². The molecular formula is C15H15ClN2O3. The van der Waals surface area contributed by atoms with Gasteiger partial charge in [0.25, 0.3) is 0 Å². The Kier molecular flexibility index (Phi) is 5.63. The number of nitrogens with one attached hydrogen (secondary N) is 1. The van der Waals surface area contributed by atoms with E-state index in [1.165, 1.54) is 30.4 Å². The number of phenolic OH excluding ortho intramolecular Hbond substituents is 2. The van der Waals surface area contributed by atoms with E-state index in [-0.39, 0.29) is 29.8 Å². The van der Waals surface area contributed by atoms with Crippen molar-refractivity contribution in [3.05, 3.63) is 54.1 Å². The highest BCUT2D eigenvalue weighted by Gasteiger charge is 2.00. The predicted molar refractivity (Wildman–Crippen MR) is 85.5 cm³/mol. The van der Waals surface area contributed by atoms with Crippen molar-refractivity contribution in [3.63, 3.8) is 0 Å². The summed E-state index contributed by atoms with van der Waals surface area (Å²) in [5.41, 5.74) is 7.13. The highest BCUT2D eigenvalue weighted by atomic mass is 35.5. The van der Waals surface area contributed by atoms with Crippen LogP contribution in [0.15, 0.2) is 48.5 Å². The minimum Gasteiger partial charge on any atom is -0.508 e. The van der Waals surface area contributed by atoms with Crippen LogP contribution in [0, 0.1) is 0 Å². The Hall–Kier alpha value is -2.66. The zero-order valence-electron chi connectivity index (χ0n) is 11.0. The fraction of sp³-hybridized carbons (Fsp3) is 0. The maximum absolute atomic E-state index is 11.7. The van der Waals surface area contributed by atoms with Crippen LogP contribution in [0.1, 0.15) is 5.56 Å². The van der Waals surface area contributed by atoms with Crippen molar-refractivity contribution in [2.75, 3.05) is 11.1 Å². The molecule has 6 heteroatoms. The first-order valence-corrected chi connectivity index (χ1v) is 5.91. The normalized spacial score (nSPS) is 10.1. The van der Waals surface area contributed by atoms with E-state index >= 15 is 0 Å². The Morgan fingerprint density at radius 3 is 2.43 bits per heavy atom. The second-order valence-electron chi connectivity index (χ2n) is 4.19. The zero-order chi connectivity index (χ0) is 14.5. The summed E-state index contributed by atoms with van der Waals surface area (Å²) in [6, 6.07) is 10.7. The maximum atomic E-state index is 11.7. The van der Waals surface area contributed by atoms with E-state index in [4.69, 9.17) is 10.8 Å². The molecule has 1 amide bonds. The largest absolute Gasteiger partial charge is 0.508 e. The van der Waals surface area contributed by atoms with Crippen LogP contribution in [0.3, 0.4) is 0 Å². The van der Waals surface area contributed by atoms with E-state index in [2.05, 4.69) is 5.32 Å². The average molecular weight is 307 g/mol. The lowest BCUT2D eigenvalue weighted by Crippen LogP contribution is -2.07. The van der Waals surface area contributed by atoms with Gasteiger partial charge >= 0.3 is 0 Å². The molecule has 0 atom stereocenters. The van der Waals surface area contributed by atoms with Gasteiger partial charge in [-0.1, -0.05) is 0 Å². The molecule has 5 nitrogen and oxygen atoms in total. The molecule has 0 aliphatic carbocycles. The number of rotatable bonds is 3. The number of carbonyl (C=O) groups excluding carboxylic acids is 1. The third-order valence-electron chi connectivity index (χ3n) is 2.60. The van der Waals surface area contributed by atoms with E-state index < -0.39 is 0 Å². The Balaban J connectivity index is 0.00000220. The molecule has 0 aliphatic heterocycles. The monoisotopic (exact) mass is 306 g/mol. The Morgan fingerprint density at radius 2 is 1.76 bits per heavy atom. The summed E-state index contributed by atoms with van der Waals surface area (Å²) in [7, 11) is 0. The topological polar surface area (TPSA) is 95.6 Å². The lowest BCUT2D eigenvalue weighted by atomic mass is 10.1. The molecule has 0 aliphatic rings. The molecule has 0 heterocycles. The quantitative estimate of drug-likeness (QED) is 0.398. The minimum atomic E-state index is -0.350. The first kappa shape index (κ1) is 16.4. The average Bonchev–Trinajstić information content (AvgIpc) is 2.42. The summed E-state index contributed by atoms with van der Waals surface area (Å²) < 4.78 is 0. The fourth-order valence-electron chi connectivity index (χ4n) is 1.60. The maximum Gasteiger partial charge on any atom is 0.248 e. The summed E-state index contributed by atoms with van der Waals surface area (Å²) in [5.74, 6) is -0.173. The molecule has 0 saturated heterocycles. The molecule has 0 spiro atoms. The van der Waals surface area contributed by atoms with Gasteiger partial charge in [0.05, 0.1) is 0 Å². The number of nitrogen functional groups attached to an aromatic ring is 1. The highest BCUT2D eigenvalue weighted by Crippen LogP contribution is 2.21. The van der Waals surface area contributed by atoms with E-state index in [9.17, 15) is 9.90 Å². The van der Waals surface area contributed by atoms with Gasteiger partial charge in [-0.2, -0.15) is 0 Å². The van der Waals surface area contributed by atoms with Crippen LogP contribution < -0.4 is 11.1 Å². The third-order valence-corrected chi connectivity index (χ3v) is 2.60. The van der Waals surface area contributed by atoms with Crippen molar-refractivity contribution in [1.82, 2.24) is 0 Å². The first-order valence-electron chi connectivity index (χ1n) is 5.91. The van der Waals surface area contributed by atoms with E-state index in [1.54, 1.807) is 24.3 Å². The minimum absolute atomic E-state index is 0. The number of benzene rings is 2. The number of hydrogen-bond donors (Lipinski definition) is 4. The van der Waals surface area contributed by atoms with Gasteiger partial charge in [-0.3, -0.25) is 4.79 Å². The summed E-state index contributed by atoms with van der Waals surface area (Å²) in [6.07, 6.45) is 2.77. The summed E-state index contributed by atoms with van der Waals surface area (Å²) in [4.78, 5) is 11.7. The molecule has 0 unspecified atom stereocenters. The molecule has 2 aromatic rings. The van der Waals surface area contributed by atoms with E-state index in [1.807, 2.05) is 0 Å². The molecule has 2 rings (SSSR count). The SMILES string of the molecule is Cl.Nc1ccc(O)c(C=CC(=O)Nc2ccc(O)cc2)c1. The molecule has 0 aromatic heterocycles. The van der Waals surface area contributed by atoms with E-state index in [0.717, 1.165) is 0 Å². The number of carbonyl (C=O) groups is 1. The number of hydrogen-bond acceptors (Lipinski definition) is 4. The van der Waals surface area contributed by atoms with Crippen molar-refractivity contribution in [2.45, 2.75) is 0 Å². The van der Waals surface area contributed by atoms with Gasteiger partial charge in [-0.15, -0.1) is 12.4 Å². The fourth-order valence-corrected chi connectivity index (χ4v) is 1.60. The van der Waals surface area contributed by atoms with Crippen LogP contribution in [0.25, 0.3) is 6.08 Å². The molecule has 110 valence electrons. The second kappa shape index (κ2) is 7.21. The zero-order valence-corrected chi connectivity index (χ0v) is 11.8. The van der Waals surface area contributed by atoms with E-state index in [0.29, 0.717) is 16.9 Å². The summed E-state index contributed by atoms with van der Waals surface area (Å²) >= 11 is 0. The van der Waals surface area contributed by atoms with Gasteiger partial charge in [-0.25, -0.2) is 0 Å². The molecular weight excluding hydrogens is 292 g/mol. The lowest BCUT2D eigenvalue weighted by Gasteiger charge is -2.03. The van der Waals surface area contributed by atoms with Gasteiger partial charge in [0, 0.05) is 23.0 Å². The summed E-state index contributed by atoms with van der Waals surface area (Å²) in [6.45, 7) is 0. The lowest BCUT2D eigenvalue weighted by molar-refractivity contribution is -0.111. The smallest absolute Gasteiger partial charge is 0.248 e. The Morgan fingerprint density at radius 1 is 1.10 bits per heavy atom. The Bertz CT molecular complexity index is 654. The van der Waals surface area contributed by atoms with Gasteiger partial charge in [0.1, 0.15) is 11.5 Å². The molecule has 0 saturated carbocycles. The van der Waals surface area contributed by atoms with Crippen molar-refractivity contribution in [3.8, 4) is 11.5 Å². The molecule has 5 N–H and O–H groups in total. The molecule has 21 heavy (non-hydrogen) atoms. The predicted octanol–water partition coefficient (Wildman–Crippen LogP) is 2.75. The molecule has 0 radical (unpaired) electrons. The van der Waals surface area contributed by atoms with Crippen LogP contribution in [-0.2, 0) is 4.79 Å². The van der Waals surface area contributed by atoms with Crippen LogP contribution in [0.2, 0.25) is 0 Å². The molecule has 0 fully saturated rings. The van der Waals surface area contributed by atoms with Gasteiger partial charge in [0.2, 0.25) is 5.91 Å². The Labute approximate surface area is 128 Å². The number of phenols is 2. The van der Waals surface area contributed by atoms with Crippen molar-refractivity contribution < 1.29 is 15.0 Å². The van der Waals surface area contributed by atoms with Crippen LogP contribution in [0.4, 0.5) is 11.4 Å². The number of amides is 1. The number of aromatic hydroxyl groups is 2. The van der Waals surface area contributed by atoms with Crippen molar-refractivity contribution in [1.29, 1.82) is 0 Å². The summed E-state index contributed by atoms with van der Waals surface area (Å²) in [5, 5.41) is 21.4. The molecule has 2 aromatic carbocycles. The third kappa shape index (κ3) is 4.74. The van der Waals surface area contributed by atoms with Gasteiger partial charge < -0.3 is 21.3 Å². The number of anilines is 2. The number of nitrogens with two attached hydrogens (primary N) is 1. The first-order chi connectivity index (χ1) is 9.54. The van der Waals surface area contributed by atoms with Gasteiger partial charge in [0.15, 0.2) is 0 Å². The van der Waals surface area contributed by atoms with Gasteiger partial charge in [-0.05, 0) is 48.5 Å². The molecule has 0 bridgehead atoms. The van der Waals surface area contributed by atoms with Crippen molar-refractivity contribution in [2.24, 2.45) is 0 Å².